The molecule has 1 N–H and O–H groups in total. The van der Waals surface area contributed by atoms with E-state index >= 15 is 0 Å². The number of rotatable bonds is 9. The van der Waals surface area contributed by atoms with Gasteiger partial charge in [0.05, 0.1) is 18.2 Å². The SMILES string of the molecule is CC(C)CC(NC(=O)COC(=O)c1ccccc1CSC1=NCCS1)c1ccccc1. The second kappa shape index (κ2) is 12.0. The Morgan fingerprint density at radius 2 is 1.87 bits per heavy atom. The van der Waals surface area contributed by atoms with Crippen molar-refractivity contribution < 1.29 is 14.3 Å². The van der Waals surface area contributed by atoms with Crippen LogP contribution in [0.5, 0.6) is 0 Å². The van der Waals surface area contributed by atoms with Gasteiger partial charge >= 0.3 is 5.97 Å². The van der Waals surface area contributed by atoms with Crippen molar-refractivity contribution in [2.24, 2.45) is 10.9 Å². The molecule has 0 saturated carbocycles. The van der Waals surface area contributed by atoms with E-state index < -0.39 is 5.97 Å². The summed E-state index contributed by atoms with van der Waals surface area (Å²) in [6, 6.07) is 17.1. The van der Waals surface area contributed by atoms with E-state index in [2.05, 4.69) is 24.2 Å². The Kier molecular flexibility index (Phi) is 9.03. The molecule has 1 aliphatic rings. The second-order valence-electron chi connectivity index (χ2n) is 7.68. The van der Waals surface area contributed by atoms with E-state index in [4.69, 9.17) is 4.74 Å². The molecule has 0 spiro atoms. The number of ether oxygens (including phenoxy) is 1. The Bertz CT molecular complexity index is 916. The molecule has 0 aliphatic carbocycles. The number of hydrogen-bond donors (Lipinski definition) is 1. The molecule has 31 heavy (non-hydrogen) atoms. The van der Waals surface area contributed by atoms with Crippen LogP contribution in [0.2, 0.25) is 0 Å². The van der Waals surface area contributed by atoms with Gasteiger partial charge in [-0.15, -0.1) is 0 Å². The molecule has 7 heteroatoms. The maximum absolute atomic E-state index is 12.7. The lowest BCUT2D eigenvalue weighted by Crippen LogP contribution is -2.33. The van der Waals surface area contributed by atoms with Crippen molar-refractivity contribution in [2.75, 3.05) is 18.9 Å². The molecule has 0 saturated heterocycles. The van der Waals surface area contributed by atoms with Crippen LogP contribution in [0.25, 0.3) is 0 Å². The molecule has 0 radical (unpaired) electrons. The van der Waals surface area contributed by atoms with E-state index in [-0.39, 0.29) is 18.6 Å². The Labute approximate surface area is 192 Å². The number of amides is 1. The lowest BCUT2D eigenvalue weighted by molar-refractivity contribution is -0.125. The highest BCUT2D eigenvalue weighted by molar-refractivity contribution is 8.38. The summed E-state index contributed by atoms with van der Waals surface area (Å²) in [4.78, 5) is 29.6. The zero-order chi connectivity index (χ0) is 22.1. The number of nitrogens with zero attached hydrogens (tertiary/aromatic N) is 1. The summed E-state index contributed by atoms with van der Waals surface area (Å²) < 4.78 is 6.40. The van der Waals surface area contributed by atoms with Crippen molar-refractivity contribution >= 4 is 39.8 Å². The molecule has 1 amide bonds. The van der Waals surface area contributed by atoms with Gasteiger partial charge in [0.2, 0.25) is 0 Å². The predicted molar refractivity (Wildman–Crippen MR) is 130 cm³/mol. The Balaban J connectivity index is 1.56. The summed E-state index contributed by atoms with van der Waals surface area (Å²) in [6.45, 7) is 4.79. The molecule has 2 aromatic carbocycles. The van der Waals surface area contributed by atoms with E-state index in [0.717, 1.165) is 34.2 Å². The first-order valence-corrected chi connectivity index (χ1v) is 12.4. The first-order valence-electron chi connectivity index (χ1n) is 10.4. The summed E-state index contributed by atoms with van der Waals surface area (Å²) >= 11 is 3.37. The Morgan fingerprint density at radius 1 is 1.13 bits per heavy atom. The minimum absolute atomic E-state index is 0.110. The third-order valence-corrected chi connectivity index (χ3v) is 7.03. The number of nitrogens with one attached hydrogen (secondary N) is 1. The van der Waals surface area contributed by atoms with Crippen molar-refractivity contribution in [1.82, 2.24) is 5.32 Å². The highest BCUT2D eigenvalue weighted by Gasteiger charge is 2.19. The molecular formula is C24H28N2O3S2. The fourth-order valence-electron chi connectivity index (χ4n) is 3.27. The van der Waals surface area contributed by atoms with Crippen LogP contribution < -0.4 is 5.32 Å². The highest BCUT2D eigenvalue weighted by atomic mass is 32.2. The predicted octanol–water partition coefficient (Wildman–Crippen LogP) is 5.08. The van der Waals surface area contributed by atoms with Gasteiger partial charge in [0.15, 0.2) is 6.61 Å². The van der Waals surface area contributed by atoms with Crippen LogP contribution in [0.15, 0.2) is 59.6 Å². The smallest absolute Gasteiger partial charge is 0.338 e. The topological polar surface area (TPSA) is 67.8 Å². The molecule has 0 bridgehead atoms. The molecule has 5 nitrogen and oxygen atoms in total. The summed E-state index contributed by atoms with van der Waals surface area (Å²) in [5, 5.41) is 3.01. The van der Waals surface area contributed by atoms with E-state index in [1.807, 2.05) is 42.5 Å². The fourth-order valence-corrected chi connectivity index (χ4v) is 5.28. The normalized spacial score (nSPS) is 14.2. The van der Waals surface area contributed by atoms with Crippen molar-refractivity contribution in [3.05, 3.63) is 71.3 Å². The van der Waals surface area contributed by atoms with Gasteiger partial charge in [0, 0.05) is 11.5 Å². The van der Waals surface area contributed by atoms with Crippen LogP contribution in [-0.4, -0.2) is 35.2 Å². The van der Waals surface area contributed by atoms with Crippen LogP contribution in [0, 0.1) is 5.92 Å². The number of aliphatic imine (C=N–C) groups is 1. The average molecular weight is 457 g/mol. The third-order valence-electron chi connectivity index (χ3n) is 4.72. The van der Waals surface area contributed by atoms with E-state index in [0.29, 0.717) is 17.2 Å². The van der Waals surface area contributed by atoms with Crippen molar-refractivity contribution in [1.29, 1.82) is 0 Å². The standard InChI is InChI=1S/C24H28N2O3S2/c1-17(2)14-21(18-8-4-3-5-9-18)26-22(27)15-29-23(28)20-11-7-6-10-19(20)16-31-24-25-12-13-30-24/h3-11,17,21H,12-16H2,1-2H3,(H,26,27). The maximum atomic E-state index is 12.7. The van der Waals surface area contributed by atoms with Gasteiger partial charge in [-0.3, -0.25) is 9.79 Å². The maximum Gasteiger partial charge on any atom is 0.338 e. The lowest BCUT2D eigenvalue weighted by atomic mass is 9.97. The van der Waals surface area contributed by atoms with Crippen LogP contribution in [0.3, 0.4) is 0 Å². The first-order chi connectivity index (χ1) is 15.0. The summed E-state index contributed by atoms with van der Waals surface area (Å²) in [5.41, 5.74) is 2.43. The molecule has 3 rings (SSSR count). The summed E-state index contributed by atoms with van der Waals surface area (Å²) in [6.07, 6.45) is 0.811. The van der Waals surface area contributed by atoms with Gasteiger partial charge < -0.3 is 10.1 Å². The van der Waals surface area contributed by atoms with Crippen molar-refractivity contribution in [2.45, 2.75) is 32.1 Å². The van der Waals surface area contributed by atoms with Crippen molar-refractivity contribution in [3.8, 4) is 0 Å². The monoisotopic (exact) mass is 456 g/mol. The zero-order valence-electron chi connectivity index (χ0n) is 17.9. The van der Waals surface area contributed by atoms with Gasteiger partial charge in [0.1, 0.15) is 4.38 Å². The van der Waals surface area contributed by atoms with Crippen LogP contribution in [0.4, 0.5) is 0 Å². The molecular weight excluding hydrogens is 428 g/mol. The number of carbonyl (C=O) groups excluding carboxylic acids is 2. The Hall–Kier alpha value is -2.25. The molecule has 1 aliphatic heterocycles. The van der Waals surface area contributed by atoms with Crippen LogP contribution >= 0.6 is 23.5 Å². The van der Waals surface area contributed by atoms with Gasteiger partial charge in [-0.25, -0.2) is 4.79 Å². The lowest BCUT2D eigenvalue weighted by Gasteiger charge is -2.21. The molecule has 1 unspecified atom stereocenters. The summed E-state index contributed by atoms with van der Waals surface area (Å²) in [7, 11) is 0. The van der Waals surface area contributed by atoms with Gasteiger partial charge in [-0.1, -0.05) is 85.9 Å². The Morgan fingerprint density at radius 3 is 2.58 bits per heavy atom. The number of thioether (sulfide) groups is 2. The molecule has 164 valence electrons. The van der Waals surface area contributed by atoms with Crippen LogP contribution in [-0.2, 0) is 15.3 Å². The second-order valence-corrected chi connectivity index (χ2v) is 9.98. The number of esters is 1. The third kappa shape index (κ3) is 7.43. The molecule has 0 fully saturated rings. The molecule has 1 heterocycles. The molecule has 1 atom stereocenters. The number of benzene rings is 2. The minimum Gasteiger partial charge on any atom is -0.452 e. The van der Waals surface area contributed by atoms with Gasteiger partial charge in [-0.2, -0.15) is 0 Å². The van der Waals surface area contributed by atoms with E-state index in [1.165, 1.54) is 0 Å². The average Bonchev–Trinajstić information content (AvgIpc) is 3.30. The summed E-state index contributed by atoms with van der Waals surface area (Å²) in [5.74, 6) is 1.30. The van der Waals surface area contributed by atoms with Crippen LogP contribution in [0.1, 0.15) is 47.8 Å². The molecule has 2 aromatic rings. The largest absolute Gasteiger partial charge is 0.452 e. The van der Waals surface area contributed by atoms with E-state index in [9.17, 15) is 9.59 Å². The molecule has 0 aromatic heterocycles. The number of carbonyl (C=O) groups is 2. The first kappa shape index (κ1) is 23.4. The number of hydrogen-bond acceptors (Lipinski definition) is 6. The van der Waals surface area contributed by atoms with Crippen molar-refractivity contribution in [3.63, 3.8) is 0 Å². The highest BCUT2D eigenvalue weighted by Crippen LogP contribution is 2.27. The quantitative estimate of drug-likeness (QED) is 0.533. The van der Waals surface area contributed by atoms with Gasteiger partial charge in [-0.05, 0) is 29.5 Å². The zero-order valence-corrected chi connectivity index (χ0v) is 19.5. The fraction of sp³-hybridized carbons (Fsp3) is 0.375. The van der Waals surface area contributed by atoms with E-state index in [1.54, 1.807) is 35.7 Å². The van der Waals surface area contributed by atoms with Gasteiger partial charge in [0.25, 0.3) is 5.91 Å². The minimum atomic E-state index is -0.479.